The zero-order chi connectivity index (χ0) is 14.8. The van der Waals surface area contributed by atoms with E-state index in [4.69, 9.17) is 5.73 Å². The van der Waals surface area contributed by atoms with Gasteiger partial charge in [-0.3, -0.25) is 4.90 Å². The Morgan fingerprint density at radius 2 is 1.76 bits per heavy atom. The summed E-state index contributed by atoms with van der Waals surface area (Å²) in [5.41, 5.74) is 7.38. The van der Waals surface area contributed by atoms with Gasteiger partial charge in [0.15, 0.2) is 0 Å². The van der Waals surface area contributed by atoms with Crippen LogP contribution in [0.4, 0.5) is 4.39 Å². The van der Waals surface area contributed by atoms with E-state index >= 15 is 0 Å². The van der Waals surface area contributed by atoms with E-state index in [0.717, 1.165) is 37.7 Å². The fourth-order valence-corrected chi connectivity index (χ4v) is 3.21. The molecule has 1 aromatic rings. The molecule has 116 valence electrons. The van der Waals surface area contributed by atoms with Crippen LogP contribution in [0.3, 0.4) is 0 Å². The molecule has 4 heteroatoms. The molecule has 1 heterocycles. The van der Waals surface area contributed by atoms with Crippen LogP contribution in [0.25, 0.3) is 0 Å². The molecule has 2 N–H and O–H groups in total. The first-order chi connectivity index (χ1) is 10.1. The lowest BCUT2D eigenvalue weighted by Crippen LogP contribution is -2.52. The average Bonchev–Trinajstić information content (AvgIpc) is 3.31. The van der Waals surface area contributed by atoms with Crippen LogP contribution in [-0.2, 0) is 0 Å². The van der Waals surface area contributed by atoms with E-state index in [1.54, 1.807) is 12.1 Å². The fraction of sp³-hybridized carbons (Fsp3) is 0.647. The van der Waals surface area contributed by atoms with Gasteiger partial charge in [-0.15, -0.1) is 0 Å². The number of piperazine rings is 1. The molecule has 21 heavy (non-hydrogen) atoms. The Kier molecular flexibility index (Phi) is 4.57. The summed E-state index contributed by atoms with van der Waals surface area (Å²) in [5.74, 6) is 0.766. The van der Waals surface area contributed by atoms with Crippen molar-refractivity contribution in [1.82, 2.24) is 9.80 Å². The predicted octanol–water partition coefficient (Wildman–Crippen LogP) is 2.24. The van der Waals surface area contributed by atoms with Crippen molar-refractivity contribution in [1.29, 1.82) is 0 Å². The van der Waals surface area contributed by atoms with Crippen LogP contribution in [0.5, 0.6) is 0 Å². The minimum Gasteiger partial charge on any atom is -0.323 e. The van der Waals surface area contributed by atoms with E-state index < -0.39 is 0 Å². The van der Waals surface area contributed by atoms with Gasteiger partial charge in [0.05, 0.1) is 0 Å². The number of hydrogen-bond donors (Lipinski definition) is 1. The molecule has 1 saturated carbocycles. The highest BCUT2D eigenvalue weighted by Gasteiger charge is 2.29. The molecule has 2 atom stereocenters. The van der Waals surface area contributed by atoms with Crippen LogP contribution < -0.4 is 5.73 Å². The first kappa shape index (κ1) is 14.9. The SMILES string of the molecule is CC(C(N)c1ccc(F)cc1)N1CCN(CC2CC2)CC1. The molecule has 1 aliphatic heterocycles. The highest BCUT2D eigenvalue weighted by Crippen LogP contribution is 2.30. The molecular formula is C17H26FN3. The van der Waals surface area contributed by atoms with E-state index in [-0.39, 0.29) is 11.9 Å². The predicted molar refractivity (Wildman–Crippen MR) is 83.5 cm³/mol. The van der Waals surface area contributed by atoms with Crippen molar-refractivity contribution in [3.05, 3.63) is 35.6 Å². The summed E-state index contributed by atoms with van der Waals surface area (Å²) in [6.45, 7) is 7.94. The maximum absolute atomic E-state index is 13.0. The smallest absolute Gasteiger partial charge is 0.123 e. The third-order valence-electron chi connectivity index (χ3n) is 4.97. The van der Waals surface area contributed by atoms with Crippen molar-refractivity contribution < 1.29 is 4.39 Å². The first-order valence-corrected chi connectivity index (χ1v) is 8.11. The van der Waals surface area contributed by atoms with Crippen LogP contribution in [0.15, 0.2) is 24.3 Å². The zero-order valence-corrected chi connectivity index (χ0v) is 12.8. The minimum absolute atomic E-state index is 0.0550. The maximum atomic E-state index is 13.0. The van der Waals surface area contributed by atoms with Gasteiger partial charge in [0.1, 0.15) is 5.82 Å². The van der Waals surface area contributed by atoms with Gasteiger partial charge < -0.3 is 10.6 Å². The Hall–Kier alpha value is -0.970. The molecule has 0 spiro atoms. The summed E-state index contributed by atoms with van der Waals surface area (Å²) in [7, 11) is 0. The van der Waals surface area contributed by atoms with Crippen LogP contribution >= 0.6 is 0 Å². The standard InChI is InChI=1S/C17H26FN3/c1-13(17(19)15-4-6-16(18)7-5-15)21-10-8-20(9-11-21)12-14-2-3-14/h4-7,13-14,17H,2-3,8-12,19H2,1H3. The van der Waals surface area contributed by atoms with Crippen LogP contribution in [0, 0.1) is 11.7 Å². The lowest BCUT2D eigenvalue weighted by molar-refractivity contribution is 0.0891. The molecule has 1 aliphatic carbocycles. The Balaban J connectivity index is 1.52. The van der Waals surface area contributed by atoms with Gasteiger partial charge in [0.25, 0.3) is 0 Å². The molecule has 2 aliphatic rings. The van der Waals surface area contributed by atoms with Gasteiger partial charge in [-0.25, -0.2) is 4.39 Å². The second-order valence-electron chi connectivity index (χ2n) is 6.60. The molecule has 3 nitrogen and oxygen atoms in total. The van der Waals surface area contributed by atoms with Gasteiger partial charge in [-0.1, -0.05) is 12.1 Å². The maximum Gasteiger partial charge on any atom is 0.123 e. The van der Waals surface area contributed by atoms with Crippen molar-refractivity contribution in [2.24, 2.45) is 11.7 Å². The number of halogens is 1. The van der Waals surface area contributed by atoms with Crippen molar-refractivity contribution >= 4 is 0 Å². The minimum atomic E-state index is -0.202. The van der Waals surface area contributed by atoms with Gasteiger partial charge in [-0.2, -0.15) is 0 Å². The fourth-order valence-electron chi connectivity index (χ4n) is 3.21. The molecule has 0 radical (unpaired) electrons. The monoisotopic (exact) mass is 291 g/mol. The van der Waals surface area contributed by atoms with E-state index in [9.17, 15) is 4.39 Å². The first-order valence-electron chi connectivity index (χ1n) is 8.11. The van der Waals surface area contributed by atoms with Crippen molar-refractivity contribution in [3.8, 4) is 0 Å². The average molecular weight is 291 g/mol. The summed E-state index contributed by atoms with van der Waals surface area (Å²) in [6, 6.07) is 6.84. The summed E-state index contributed by atoms with van der Waals surface area (Å²) in [4.78, 5) is 5.06. The Morgan fingerprint density at radius 3 is 2.33 bits per heavy atom. The van der Waals surface area contributed by atoms with Gasteiger partial charge in [0.2, 0.25) is 0 Å². The summed E-state index contributed by atoms with van der Waals surface area (Å²) >= 11 is 0. The van der Waals surface area contributed by atoms with Gasteiger partial charge in [0, 0.05) is 44.8 Å². The number of nitrogens with zero attached hydrogens (tertiary/aromatic N) is 2. The van der Waals surface area contributed by atoms with Gasteiger partial charge in [-0.05, 0) is 43.4 Å². The van der Waals surface area contributed by atoms with Crippen molar-refractivity contribution in [3.63, 3.8) is 0 Å². The zero-order valence-electron chi connectivity index (χ0n) is 12.8. The molecule has 1 aromatic carbocycles. The second kappa shape index (κ2) is 6.42. The third kappa shape index (κ3) is 3.82. The number of benzene rings is 1. The highest BCUT2D eigenvalue weighted by atomic mass is 19.1. The molecular weight excluding hydrogens is 265 g/mol. The van der Waals surface area contributed by atoms with E-state index in [0.29, 0.717) is 6.04 Å². The molecule has 1 saturated heterocycles. The van der Waals surface area contributed by atoms with Crippen molar-refractivity contribution in [2.45, 2.75) is 31.8 Å². The molecule has 0 bridgehead atoms. The highest BCUT2D eigenvalue weighted by molar-refractivity contribution is 5.21. The molecule has 0 amide bonds. The lowest BCUT2D eigenvalue weighted by Gasteiger charge is -2.40. The van der Waals surface area contributed by atoms with Crippen LogP contribution in [0.1, 0.15) is 31.4 Å². The quantitative estimate of drug-likeness (QED) is 0.903. The van der Waals surface area contributed by atoms with E-state index in [2.05, 4.69) is 16.7 Å². The van der Waals surface area contributed by atoms with Gasteiger partial charge >= 0.3 is 0 Å². The summed E-state index contributed by atoms with van der Waals surface area (Å²) < 4.78 is 13.0. The Labute approximate surface area is 126 Å². The summed E-state index contributed by atoms with van der Waals surface area (Å²) in [6.07, 6.45) is 2.85. The normalized spacial score (nSPS) is 24.0. The van der Waals surface area contributed by atoms with E-state index in [1.807, 2.05) is 0 Å². The Morgan fingerprint density at radius 1 is 1.14 bits per heavy atom. The summed E-state index contributed by atoms with van der Waals surface area (Å²) in [5, 5.41) is 0. The second-order valence-corrected chi connectivity index (χ2v) is 6.60. The lowest BCUT2D eigenvalue weighted by atomic mass is 9.99. The largest absolute Gasteiger partial charge is 0.323 e. The number of nitrogens with two attached hydrogens (primary N) is 1. The number of hydrogen-bond acceptors (Lipinski definition) is 3. The Bertz CT molecular complexity index is 450. The topological polar surface area (TPSA) is 32.5 Å². The van der Waals surface area contributed by atoms with Crippen LogP contribution in [-0.4, -0.2) is 48.6 Å². The number of rotatable bonds is 5. The third-order valence-corrected chi connectivity index (χ3v) is 4.97. The van der Waals surface area contributed by atoms with Crippen molar-refractivity contribution in [2.75, 3.05) is 32.7 Å². The molecule has 3 rings (SSSR count). The molecule has 0 aromatic heterocycles. The van der Waals surface area contributed by atoms with Crippen LogP contribution in [0.2, 0.25) is 0 Å². The van der Waals surface area contributed by atoms with E-state index in [1.165, 1.54) is 31.5 Å². The molecule has 2 fully saturated rings. The molecule has 2 unspecified atom stereocenters.